The minimum absolute atomic E-state index is 0.553. The predicted octanol–water partition coefficient (Wildman–Crippen LogP) is 3.86. The first-order valence-corrected chi connectivity index (χ1v) is 8.32. The van der Waals surface area contributed by atoms with Gasteiger partial charge in [0, 0.05) is 19.3 Å². The summed E-state index contributed by atoms with van der Waals surface area (Å²) in [5.74, 6) is 0.886. The Morgan fingerprint density at radius 2 is 2.00 bits per heavy atom. The van der Waals surface area contributed by atoms with Gasteiger partial charge in [-0.2, -0.15) is 0 Å². The van der Waals surface area contributed by atoms with E-state index in [-0.39, 0.29) is 0 Å². The molecule has 2 heteroatoms. The summed E-state index contributed by atoms with van der Waals surface area (Å²) in [5.41, 5.74) is 3.08. The van der Waals surface area contributed by atoms with Gasteiger partial charge in [-0.3, -0.25) is 0 Å². The normalized spacial score (nSPS) is 22.3. The number of benzene rings is 1. The van der Waals surface area contributed by atoms with E-state index in [1.165, 1.54) is 44.1 Å². The topological polar surface area (TPSA) is 21.3 Å². The Labute approximate surface area is 122 Å². The largest absolute Gasteiger partial charge is 0.381 e. The number of aryl methyl sites for hydroxylation is 1. The minimum atomic E-state index is 0.553. The Bertz CT molecular complexity index is 414. The lowest BCUT2D eigenvalue weighted by Crippen LogP contribution is -2.23. The zero-order chi connectivity index (χ0) is 13.6. The van der Waals surface area contributed by atoms with Crippen LogP contribution in [0.4, 0.5) is 0 Å². The van der Waals surface area contributed by atoms with Crippen molar-refractivity contribution in [3.8, 4) is 0 Å². The van der Waals surface area contributed by atoms with Gasteiger partial charge in [0.05, 0.1) is 0 Å². The number of hydrogen-bond acceptors (Lipinski definition) is 2. The van der Waals surface area contributed by atoms with Crippen LogP contribution in [0, 0.1) is 5.92 Å². The first-order chi connectivity index (χ1) is 9.93. The minimum Gasteiger partial charge on any atom is -0.381 e. The molecule has 2 aliphatic carbocycles. The van der Waals surface area contributed by atoms with E-state index >= 15 is 0 Å². The van der Waals surface area contributed by atoms with Crippen molar-refractivity contribution in [2.24, 2.45) is 5.92 Å². The van der Waals surface area contributed by atoms with Crippen molar-refractivity contribution >= 4 is 0 Å². The lowest BCUT2D eigenvalue weighted by molar-refractivity contribution is 0.121. The summed E-state index contributed by atoms with van der Waals surface area (Å²) in [7, 11) is 0. The summed E-state index contributed by atoms with van der Waals surface area (Å²) in [6, 6.07) is 9.51. The molecular weight excluding hydrogens is 246 g/mol. The van der Waals surface area contributed by atoms with Gasteiger partial charge in [0.25, 0.3) is 0 Å². The third-order valence-corrected chi connectivity index (χ3v) is 4.53. The highest BCUT2D eigenvalue weighted by Crippen LogP contribution is 2.29. The molecule has 110 valence electrons. The molecule has 2 aliphatic rings. The van der Waals surface area contributed by atoms with Gasteiger partial charge in [-0.05, 0) is 62.1 Å². The summed E-state index contributed by atoms with van der Waals surface area (Å²) in [4.78, 5) is 0. The molecule has 1 unspecified atom stereocenters. The molecule has 0 bridgehead atoms. The Balaban J connectivity index is 1.42. The second-order valence-electron chi connectivity index (χ2n) is 6.32. The lowest BCUT2D eigenvalue weighted by atomic mass is 9.99. The van der Waals surface area contributed by atoms with Gasteiger partial charge in [-0.1, -0.05) is 30.7 Å². The molecule has 0 radical (unpaired) electrons. The highest BCUT2D eigenvalue weighted by atomic mass is 16.5. The monoisotopic (exact) mass is 273 g/mol. The van der Waals surface area contributed by atoms with E-state index in [1.807, 2.05) is 0 Å². The van der Waals surface area contributed by atoms with E-state index in [2.05, 4.69) is 29.6 Å². The summed E-state index contributed by atoms with van der Waals surface area (Å²) in [6.07, 6.45) is 9.10. The first-order valence-electron chi connectivity index (χ1n) is 8.32. The zero-order valence-electron chi connectivity index (χ0n) is 12.4. The van der Waals surface area contributed by atoms with E-state index in [4.69, 9.17) is 4.74 Å². The summed E-state index contributed by atoms with van der Waals surface area (Å²) < 4.78 is 5.70. The number of nitrogens with one attached hydrogen (secondary N) is 1. The predicted molar refractivity (Wildman–Crippen MR) is 82.9 cm³/mol. The maximum absolute atomic E-state index is 5.70. The Morgan fingerprint density at radius 1 is 1.10 bits per heavy atom. The van der Waals surface area contributed by atoms with Crippen molar-refractivity contribution in [2.75, 3.05) is 19.8 Å². The van der Waals surface area contributed by atoms with E-state index < -0.39 is 0 Å². The zero-order valence-corrected chi connectivity index (χ0v) is 12.4. The average molecular weight is 273 g/mol. The molecule has 0 amide bonds. The van der Waals surface area contributed by atoms with E-state index in [0.29, 0.717) is 6.04 Å². The van der Waals surface area contributed by atoms with Gasteiger partial charge >= 0.3 is 0 Å². The van der Waals surface area contributed by atoms with Gasteiger partial charge in [0.1, 0.15) is 0 Å². The van der Waals surface area contributed by atoms with E-state index in [1.54, 1.807) is 5.56 Å². The molecule has 0 spiro atoms. The van der Waals surface area contributed by atoms with Crippen LogP contribution in [0.2, 0.25) is 0 Å². The molecule has 1 fully saturated rings. The van der Waals surface area contributed by atoms with E-state index in [9.17, 15) is 0 Å². The van der Waals surface area contributed by atoms with Gasteiger partial charge in [-0.15, -0.1) is 0 Å². The highest BCUT2D eigenvalue weighted by molar-refractivity contribution is 5.31. The van der Waals surface area contributed by atoms with Crippen molar-refractivity contribution in [1.29, 1.82) is 0 Å². The second kappa shape index (κ2) is 7.24. The van der Waals surface area contributed by atoms with Crippen molar-refractivity contribution in [1.82, 2.24) is 5.32 Å². The molecule has 3 rings (SSSR count). The first kappa shape index (κ1) is 14.1. The number of fused-ring (bicyclic) bond motifs is 1. The molecule has 0 aromatic heterocycles. The fraction of sp³-hybridized carbons (Fsp3) is 0.667. The molecule has 20 heavy (non-hydrogen) atoms. The van der Waals surface area contributed by atoms with Crippen LogP contribution in [0.1, 0.15) is 55.7 Å². The lowest BCUT2D eigenvalue weighted by Gasteiger charge is -2.19. The molecule has 0 aliphatic heterocycles. The van der Waals surface area contributed by atoms with Crippen LogP contribution in [-0.2, 0) is 11.2 Å². The van der Waals surface area contributed by atoms with Gasteiger partial charge in [0.2, 0.25) is 0 Å². The SMILES string of the molecule is c1ccc2c(c1)CCCCC2NCCCOCC1CC1. The molecule has 0 saturated heterocycles. The number of ether oxygens (including phenoxy) is 1. The number of rotatable bonds is 7. The van der Waals surface area contributed by atoms with Gasteiger partial charge in [0.15, 0.2) is 0 Å². The van der Waals surface area contributed by atoms with E-state index in [0.717, 1.165) is 32.1 Å². The molecule has 0 heterocycles. The molecule has 1 N–H and O–H groups in total. The van der Waals surface area contributed by atoms with Gasteiger partial charge < -0.3 is 10.1 Å². The molecule has 1 aromatic carbocycles. The Hall–Kier alpha value is -0.860. The number of hydrogen-bond donors (Lipinski definition) is 1. The summed E-state index contributed by atoms with van der Waals surface area (Å²) in [5, 5.41) is 3.74. The molecule has 1 saturated carbocycles. The van der Waals surface area contributed by atoms with Crippen molar-refractivity contribution in [3.05, 3.63) is 35.4 Å². The molecule has 1 aromatic rings. The standard InChI is InChI=1S/C18H27NO/c1-3-8-17-16(6-1)7-2-4-9-18(17)19-12-5-13-20-14-15-10-11-15/h1,3,6,8,15,18-19H,2,4-5,7,9-14H2. The third kappa shape index (κ3) is 4.07. The maximum Gasteiger partial charge on any atom is 0.0494 e. The second-order valence-corrected chi connectivity index (χ2v) is 6.32. The third-order valence-electron chi connectivity index (χ3n) is 4.53. The fourth-order valence-corrected chi connectivity index (χ4v) is 3.12. The molecule has 2 nitrogen and oxygen atoms in total. The van der Waals surface area contributed by atoms with Gasteiger partial charge in [-0.25, -0.2) is 0 Å². The van der Waals surface area contributed by atoms with Crippen molar-refractivity contribution in [2.45, 2.75) is 51.0 Å². The fourth-order valence-electron chi connectivity index (χ4n) is 3.12. The highest BCUT2D eigenvalue weighted by Gasteiger charge is 2.21. The van der Waals surface area contributed by atoms with Crippen LogP contribution in [0.5, 0.6) is 0 Å². The maximum atomic E-state index is 5.70. The van der Waals surface area contributed by atoms with Crippen LogP contribution in [-0.4, -0.2) is 19.8 Å². The molecular formula is C18H27NO. The summed E-state index contributed by atoms with van der Waals surface area (Å²) >= 11 is 0. The van der Waals surface area contributed by atoms with Crippen LogP contribution in [0.25, 0.3) is 0 Å². The smallest absolute Gasteiger partial charge is 0.0494 e. The van der Waals surface area contributed by atoms with Crippen LogP contribution < -0.4 is 5.32 Å². The van der Waals surface area contributed by atoms with Crippen LogP contribution >= 0.6 is 0 Å². The van der Waals surface area contributed by atoms with Crippen molar-refractivity contribution < 1.29 is 4.74 Å². The molecule has 1 atom stereocenters. The average Bonchev–Trinajstić information content (AvgIpc) is 3.30. The van der Waals surface area contributed by atoms with Crippen LogP contribution in [0.3, 0.4) is 0 Å². The Kier molecular flexibility index (Phi) is 5.10. The Morgan fingerprint density at radius 3 is 2.90 bits per heavy atom. The van der Waals surface area contributed by atoms with Crippen molar-refractivity contribution in [3.63, 3.8) is 0 Å². The summed E-state index contributed by atoms with van der Waals surface area (Å²) in [6.45, 7) is 2.98. The quantitative estimate of drug-likeness (QED) is 0.601. The van der Waals surface area contributed by atoms with Crippen LogP contribution in [0.15, 0.2) is 24.3 Å².